The third-order valence-electron chi connectivity index (χ3n) is 3.06. The average molecular weight is 262 g/mol. The highest BCUT2D eigenvalue weighted by atomic mass is 16.5. The molecule has 2 N–H and O–H groups in total. The van der Waals surface area contributed by atoms with Gasteiger partial charge in [0.15, 0.2) is 0 Å². The molecule has 0 radical (unpaired) electrons. The van der Waals surface area contributed by atoms with Crippen molar-refractivity contribution in [3.05, 3.63) is 29.3 Å². The van der Waals surface area contributed by atoms with Crippen molar-refractivity contribution in [2.24, 2.45) is 0 Å². The summed E-state index contributed by atoms with van der Waals surface area (Å²) in [5.41, 5.74) is 3.10. The van der Waals surface area contributed by atoms with Crippen molar-refractivity contribution in [1.82, 2.24) is 5.32 Å². The van der Waals surface area contributed by atoms with Gasteiger partial charge in [0, 0.05) is 12.2 Å². The molecule has 1 aliphatic rings. The molecule has 0 fully saturated rings. The van der Waals surface area contributed by atoms with Gasteiger partial charge in [-0.05, 0) is 50.9 Å². The Morgan fingerprint density at radius 2 is 2.21 bits per heavy atom. The summed E-state index contributed by atoms with van der Waals surface area (Å²) in [5, 5.41) is 6.27. The van der Waals surface area contributed by atoms with E-state index in [1.54, 1.807) is 0 Å². The van der Waals surface area contributed by atoms with Crippen LogP contribution in [0.1, 0.15) is 31.9 Å². The van der Waals surface area contributed by atoms with Gasteiger partial charge in [-0.2, -0.15) is 0 Å². The number of ether oxygens (including phenoxy) is 1. The van der Waals surface area contributed by atoms with E-state index in [0.717, 1.165) is 25.2 Å². The van der Waals surface area contributed by atoms with E-state index in [1.165, 1.54) is 11.1 Å². The molecule has 0 aliphatic carbocycles. The van der Waals surface area contributed by atoms with Crippen LogP contribution in [0.3, 0.4) is 0 Å². The lowest BCUT2D eigenvalue weighted by Crippen LogP contribution is -2.29. The Labute approximate surface area is 114 Å². The highest BCUT2D eigenvalue weighted by Gasteiger charge is 2.16. The van der Waals surface area contributed by atoms with Gasteiger partial charge in [-0.25, -0.2) is 0 Å². The summed E-state index contributed by atoms with van der Waals surface area (Å²) in [6.07, 6.45) is 1.01. The van der Waals surface area contributed by atoms with E-state index in [9.17, 15) is 4.79 Å². The first-order valence-electron chi connectivity index (χ1n) is 6.71. The van der Waals surface area contributed by atoms with Crippen molar-refractivity contribution >= 4 is 11.6 Å². The molecule has 1 aromatic rings. The molecule has 0 saturated carbocycles. The standard InChI is InChI=1S/C15H22N2O2/c1-15(2,3)19-10-14(18)17-13-6-4-5-11-7-8-16-9-12(11)13/h4-6,16H,7-10H2,1-3H3,(H,17,18). The summed E-state index contributed by atoms with van der Waals surface area (Å²) in [7, 11) is 0. The van der Waals surface area contributed by atoms with E-state index in [4.69, 9.17) is 4.74 Å². The lowest BCUT2D eigenvalue weighted by Gasteiger charge is -2.22. The SMILES string of the molecule is CC(C)(C)OCC(=O)Nc1cccc2c1CNCC2. The third-order valence-corrected chi connectivity index (χ3v) is 3.06. The fourth-order valence-corrected chi connectivity index (χ4v) is 2.10. The second-order valence-corrected chi connectivity index (χ2v) is 5.82. The Bertz CT molecular complexity index is 464. The van der Waals surface area contributed by atoms with Crippen molar-refractivity contribution < 1.29 is 9.53 Å². The van der Waals surface area contributed by atoms with Crippen LogP contribution in [0, 0.1) is 0 Å². The van der Waals surface area contributed by atoms with Crippen LogP contribution < -0.4 is 10.6 Å². The number of carbonyl (C=O) groups is 1. The number of hydrogen-bond acceptors (Lipinski definition) is 3. The molecule has 1 aliphatic heterocycles. The van der Waals surface area contributed by atoms with Gasteiger partial charge >= 0.3 is 0 Å². The summed E-state index contributed by atoms with van der Waals surface area (Å²) < 4.78 is 5.48. The molecule has 0 saturated heterocycles. The molecule has 1 amide bonds. The second kappa shape index (κ2) is 5.72. The van der Waals surface area contributed by atoms with E-state index < -0.39 is 0 Å². The highest BCUT2D eigenvalue weighted by molar-refractivity contribution is 5.92. The molecule has 0 unspecified atom stereocenters. The van der Waals surface area contributed by atoms with Crippen molar-refractivity contribution in [2.45, 2.75) is 39.3 Å². The second-order valence-electron chi connectivity index (χ2n) is 5.82. The molecule has 19 heavy (non-hydrogen) atoms. The van der Waals surface area contributed by atoms with Crippen molar-refractivity contribution in [3.63, 3.8) is 0 Å². The predicted octanol–water partition coefficient (Wildman–Crippen LogP) is 2.09. The summed E-state index contributed by atoms with van der Waals surface area (Å²) in [6.45, 7) is 7.71. The summed E-state index contributed by atoms with van der Waals surface area (Å²) in [5.74, 6) is -0.103. The molecule has 0 aromatic heterocycles. The van der Waals surface area contributed by atoms with Crippen molar-refractivity contribution in [3.8, 4) is 0 Å². The number of nitrogens with one attached hydrogen (secondary N) is 2. The topological polar surface area (TPSA) is 50.4 Å². The van der Waals surface area contributed by atoms with E-state index in [-0.39, 0.29) is 18.1 Å². The molecule has 4 heteroatoms. The van der Waals surface area contributed by atoms with Crippen LogP contribution in [0.4, 0.5) is 5.69 Å². The number of anilines is 1. The fraction of sp³-hybridized carbons (Fsp3) is 0.533. The maximum atomic E-state index is 11.9. The van der Waals surface area contributed by atoms with E-state index in [2.05, 4.69) is 16.7 Å². The van der Waals surface area contributed by atoms with E-state index in [1.807, 2.05) is 32.9 Å². The monoisotopic (exact) mass is 262 g/mol. The molecule has 0 spiro atoms. The van der Waals surface area contributed by atoms with Crippen LogP contribution in [0.2, 0.25) is 0 Å². The van der Waals surface area contributed by atoms with Crippen LogP contribution in [0.25, 0.3) is 0 Å². The molecular weight excluding hydrogens is 240 g/mol. The normalized spacial score (nSPS) is 14.9. The fourth-order valence-electron chi connectivity index (χ4n) is 2.10. The molecule has 0 atom stereocenters. The Balaban J connectivity index is 2.01. The number of amides is 1. The summed E-state index contributed by atoms with van der Waals surface area (Å²) >= 11 is 0. The van der Waals surface area contributed by atoms with E-state index >= 15 is 0 Å². The molecule has 104 valence electrons. The molecular formula is C15H22N2O2. The van der Waals surface area contributed by atoms with Gasteiger partial charge in [0.2, 0.25) is 5.91 Å². The Morgan fingerprint density at radius 1 is 1.42 bits per heavy atom. The quantitative estimate of drug-likeness (QED) is 0.877. The minimum Gasteiger partial charge on any atom is -0.366 e. The molecule has 1 heterocycles. The van der Waals surface area contributed by atoms with Crippen LogP contribution in [0.15, 0.2) is 18.2 Å². The summed E-state index contributed by atoms with van der Waals surface area (Å²) in [4.78, 5) is 11.9. The van der Waals surface area contributed by atoms with Crippen LogP contribution in [0.5, 0.6) is 0 Å². The van der Waals surface area contributed by atoms with Gasteiger partial charge in [0.25, 0.3) is 0 Å². The lowest BCUT2D eigenvalue weighted by molar-refractivity contribution is -0.125. The Morgan fingerprint density at radius 3 is 2.95 bits per heavy atom. The Kier molecular flexibility index (Phi) is 4.22. The predicted molar refractivity (Wildman–Crippen MR) is 76.2 cm³/mol. The highest BCUT2D eigenvalue weighted by Crippen LogP contribution is 2.22. The maximum absolute atomic E-state index is 11.9. The van der Waals surface area contributed by atoms with E-state index in [0.29, 0.717) is 0 Å². The average Bonchev–Trinajstić information content (AvgIpc) is 2.36. The number of fused-ring (bicyclic) bond motifs is 1. The zero-order valence-electron chi connectivity index (χ0n) is 11.9. The van der Waals surface area contributed by atoms with Gasteiger partial charge < -0.3 is 15.4 Å². The largest absolute Gasteiger partial charge is 0.366 e. The van der Waals surface area contributed by atoms with Crippen molar-refractivity contribution in [1.29, 1.82) is 0 Å². The maximum Gasteiger partial charge on any atom is 0.250 e. The zero-order valence-corrected chi connectivity index (χ0v) is 11.9. The first-order valence-corrected chi connectivity index (χ1v) is 6.71. The van der Waals surface area contributed by atoms with Gasteiger partial charge in [-0.3, -0.25) is 4.79 Å². The number of carbonyl (C=O) groups excluding carboxylic acids is 1. The van der Waals surface area contributed by atoms with Gasteiger partial charge in [-0.1, -0.05) is 12.1 Å². The minimum atomic E-state index is -0.297. The van der Waals surface area contributed by atoms with Gasteiger partial charge in [-0.15, -0.1) is 0 Å². The first-order chi connectivity index (χ1) is 8.96. The van der Waals surface area contributed by atoms with Gasteiger partial charge in [0.05, 0.1) is 5.60 Å². The first kappa shape index (κ1) is 14.0. The lowest BCUT2D eigenvalue weighted by atomic mass is 9.99. The number of benzene rings is 1. The molecule has 2 rings (SSSR count). The number of hydrogen-bond donors (Lipinski definition) is 2. The van der Waals surface area contributed by atoms with Crippen molar-refractivity contribution in [2.75, 3.05) is 18.5 Å². The zero-order chi connectivity index (χ0) is 13.9. The third kappa shape index (κ3) is 4.04. The smallest absolute Gasteiger partial charge is 0.250 e. The van der Waals surface area contributed by atoms with Crippen LogP contribution >= 0.6 is 0 Å². The Hall–Kier alpha value is -1.39. The number of rotatable bonds is 3. The van der Waals surface area contributed by atoms with Crippen LogP contribution in [-0.4, -0.2) is 24.7 Å². The van der Waals surface area contributed by atoms with Crippen LogP contribution in [-0.2, 0) is 22.5 Å². The van der Waals surface area contributed by atoms with Gasteiger partial charge in [0.1, 0.15) is 6.61 Å². The molecule has 0 bridgehead atoms. The summed E-state index contributed by atoms with van der Waals surface area (Å²) in [6, 6.07) is 6.06. The molecule has 1 aromatic carbocycles. The molecule has 4 nitrogen and oxygen atoms in total. The minimum absolute atomic E-state index is 0.0839.